The molecule has 2 aliphatic heterocycles. The summed E-state index contributed by atoms with van der Waals surface area (Å²) in [4.78, 5) is 50.4. The summed E-state index contributed by atoms with van der Waals surface area (Å²) in [6.07, 6.45) is -5.59. The van der Waals surface area contributed by atoms with Crippen molar-refractivity contribution < 1.29 is 45.5 Å². The summed E-state index contributed by atoms with van der Waals surface area (Å²) < 4.78 is 74.6. The minimum atomic E-state index is -5.01. The molecule has 8 nitrogen and oxygen atoms in total. The number of anilines is 2. The second-order valence-electron chi connectivity index (χ2n) is 8.71. The van der Waals surface area contributed by atoms with Crippen molar-refractivity contribution in [3.05, 3.63) is 48.8 Å². The molecule has 206 valence electrons. The lowest BCUT2D eigenvalue weighted by atomic mass is 10.2. The van der Waals surface area contributed by atoms with Crippen LogP contribution in [0.1, 0.15) is 25.7 Å². The van der Waals surface area contributed by atoms with E-state index in [0.717, 1.165) is 12.4 Å². The second kappa shape index (κ2) is 11.7. The van der Waals surface area contributed by atoms with Crippen LogP contribution in [0.3, 0.4) is 0 Å². The zero-order valence-corrected chi connectivity index (χ0v) is 19.8. The Labute approximate surface area is 213 Å². The minimum absolute atomic E-state index is 0.286. The van der Waals surface area contributed by atoms with Crippen LogP contribution in [-0.2, 0) is 19.2 Å². The summed E-state index contributed by atoms with van der Waals surface area (Å²) in [7, 11) is 0. The number of hydrogen-bond acceptors (Lipinski definition) is 6. The van der Waals surface area contributed by atoms with E-state index in [1.807, 2.05) is 0 Å². The number of alkyl halides is 6. The molecule has 0 radical (unpaired) electrons. The van der Waals surface area contributed by atoms with Gasteiger partial charge in [-0.3, -0.25) is 19.2 Å². The number of halogens is 6. The summed E-state index contributed by atoms with van der Waals surface area (Å²) in [6.45, 7) is 0.577. The summed E-state index contributed by atoms with van der Waals surface area (Å²) in [5.41, 5.74) is 0.572. The lowest BCUT2D eigenvalue weighted by Crippen LogP contribution is -2.37. The first-order chi connectivity index (χ1) is 17.8. The SMILES string of the molecule is O=C(Nc1cccc(NC(=O)C2CCCN2C=CC(=O)C(F)(F)F)c1)C1CCCN1C=CC(=O)C(F)(F)F. The third kappa shape index (κ3) is 7.59. The van der Waals surface area contributed by atoms with Gasteiger partial charge in [0.15, 0.2) is 0 Å². The first kappa shape index (κ1) is 28.7. The molecule has 0 spiro atoms. The molecule has 0 aromatic heterocycles. The van der Waals surface area contributed by atoms with E-state index in [9.17, 15) is 45.5 Å². The van der Waals surface area contributed by atoms with Gasteiger partial charge in [-0.25, -0.2) is 0 Å². The van der Waals surface area contributed by atoms with Gasteiger partial charge in [0.25, 0.3) is 11.6 Å². The lowest BCUT2D eigenvalue weighted by Gasteiger charge is -2.23. The number of likely N-dealkylation sites (tertiary alicyclic amines) is 2. The van der Waals surface area contributed by atoms with Gasteiger partial charge in [-0.2, -0.15) is 26.3 Å². The van der Waals surface area contributed by atoms with Gasteiger partial charge in [0.1, 0.15) is 12.1 Å². The van der Waals surface area contributed by atoms with Crippen LogP contribution < -0.4 is 10.6 Å². The Bertz CT molecular complexity index is 1050. The van der Waals surface area contributed by atoms with Gasteiger partial charge in [-0.05, 0) is 43.9 Å². The summed E-state index contributed by atoms with van der Waals surface area (Å²) in [5, 5.41) is 5.26. The van der Waals surface area contributed by atoms with Crippen molar-refractivity contribution in [3.63, 3.8) is 0 Å². The summed E-state index contributed by atoms with van der Waals surface area (Å²) in [6, 6.07) is 4.44. The first-order valence-corrected chi connectivity index (χ1v) is 11.6. The fraction of sp³-hybridized carbons (Fsp3) is 0.417. The quantitative estimate of drug-likeness (QED) is 0.381. The topological polar surface area (TPSA) is 98.8 Å². The molecule has 2 amide bonds. The van der Waals surface area contributed by atoms with E-state index in [1.165, 1.54) is 34.1 Å². The molecule has 1 aromatic carbocycles. The molecule has 0 saturated carbocycles. The number of amides is 2. The number of rotatable bonds is 8. The third-order valence-electron chi connectivity index (χ3n) is 5.98. The van der Waals surface area contributed by atoms with Crippen molar-refractivity contribution in [1.29, 1.82) is 0 Å². The number of hydrogen-bond donors (Lipinski definition) is 2. The van der Waals surface area contributed by atoms with Crippen LogP contribution in [-0.4, -0.2) is 70.7 Å². The van der Waals surface area contributed by atoms with Gasteiger partial charge in [-0.1, -0.05) is 6.07 Å². The summed E-state index contributed by atoms with van der Waals surface area (Å²) >= 11 is 0. The molecule has 2 fully saturated rings. The number of nitrogens with one attached hydrogen (secondary N) is 2. The van der Waals surface area contributed by atoms with Crippen molar-refractivity contribution >= 4 is 34.8 Å². The third-order valence-corrected chi connectivity index (χ3v) is 5.98. The average molecular weight is 546 g/mol. The maximum Gasteiger partial charge on any atom is 0.454 e. The molecular formula is C24H24F6N4O4. The van der Waals surface area contributed by atoms with Crippen LogP contribution in [0.15, 0.2) is 48.8 Å². The van der Waals surface area contributed by atoms with Gasteiger partial charge in [0.05, 0.1) is 0 Å². The van der Waals surface area contributed by atoms with Crippen molar-refractivity contribution in [2.75, 3.05) is 23.7 Å². The Balaban J connectivity index is 1.61. The van der Waals surface area contributed by atoms with E-state index in [0.29, 0.717) is 37.8 Å². The lowest BCUT2D eigenvalue weighted by molar-refractivity contribution is -0.165. The van der Waals surface area contributed by atoms with Crippen LogP contribution in [0.2, 0.25) is 0 Å². The highest BCUT2D eigenvalue weighted by atomic mass is 19.4. The average Bonchev–Trinajstić information content (AvgIpc) is 3.49. The van der Waals surface area contributed by atoms with E-state index in [-0.39, 0.29) is 24.5 Å². The van der Waals surface area contributed by atoms with Crippen molar-refractivity contribution in [1.82, 2.24) is 9.80 Å². The highest BCUT2D eigenvalue weighted by molar-refractivity contribution is 5.98. The van der Waals surface area contributed by atoms with Crippen molar-refractivity contribution in [2.24, 2.45) is 0 Å². The number of allylic oxidation sites excluding steroid dienone is 2. The maximum absolute atomic E-state index is 12.7. The Kier molecular flexibility index (Phi) is 8.84. The van der Waals surface area contributed by atoms with Gasteiger partial charge < -0.3 is 20.4 Å². The fourth-order valence-corrected chi connectivity index (χ4v) is 4.14. The highest BCUT2D eigenvalue weighted by Crippen LogP contribution is 2.24. The van der Waals surface area contributed by atoms with E-state index in [4.69, 9.17) is 0 Å². The first-order valence-electron chi connectivity index (χ1n) is 11.6. The Morgan fingerprint density at radius 1 is 0.737 bits per heavy atom. The van der Waals surface area contributed by atoms with E-state index >= 15 is 0 Å². The zero-order chi connectivity index (χ0) is 28.1. The molecule has 2 saturated heterocycles. The summed E-state index contributed by atoms with van der Waals surface area (Å²) in [5.74, 6) is -5.10. The van der Waals surface area contributed by atoms with Crippen molar-refractivity contribution in [3.8, 4) is 0 Å². The largest absolute Gasteiger partial charge is 0.454 e. The fourth-order valence-electron chi connectivity index (χ4n) is 4.14. The smallest absolute Gasteiger partial charge is 0.365 e. The van der Waals surface area contributed by atoms with Crippen LogP contribution in [0, 0.1) is 0 Å². The van der Waals surface area contributed by atoms with Crippen LogP contribution >= 0.6 is 0 Å². The number of nitrogens with zero attached hydrogens (tertiary/aromatic N) is 2. The molecule has 2 heterocycles. The van der Waals surface area contributed by atoms with Gasteiger partial charge >= 0.3 is 12.4 Å². The predicted molar refractivity (Wildman–Crippen MR) is 124 cm³/mol. The Morgan fingerprint density at radius 2 is 1.13 bits per heavy atom. The van der Waals surface area contributed by atoms with Crippen LogP contribution in [0.4, 0.5) is 37.7 Å². The van der Waals surface area contributed by atoms with E-state index in [1.54, 1.807) is 0 Å². The molecular weight excluding hydrogens is 522 g/mol. The molecule has 14 heteroatoms. The molecule has 0 bridgehead atoms. The van der Waals surface area contributed by atoms with Crippen molar-refractivity contribution in [2.45, 2.75) is 50.1 Å². The molecule has 1 aromatic rings. The molecule has 38 heavy (non-hydrogen) atoms. The molecule has 0 aliphatic carbocycles. The van der Waals surface area contributed by atoms with E-state index in [2.05, 4.69) is 10.6 Å². The monoisotopic (exact) mass is 546 g/mol. The van der Waals surface area contributed by atoms with Crippen LogP contribution in [0.25, 0.3) is 0 Å². The van der Waals surface area contributed by atoms with Gasteiger partial charge in [0, 0.05) is 49.0 Å². The number of carbonyl (C=O) groups excluding carboxylic acids is 4. The highest BCUT2D eigenvalue weighted by Gasteiger charge is 2.38. The molecule has 2 N–H and O–H groups in total. The Morgan fingerprint density at radius 3 is 1.50 bits per heavy atom. The maximum atomic E-state index is 12.7. The van der Waals surface area contributed by atoms with Gasteiger partial charge in [-0.15, -0.1) is 0 Å². The number of benzene rings is 1. The van der Waals surface area contributed by atoms with E-state index < -0.39 is 47.8 Å². The van der Waals surface area contributed by atoms with Crippen LogP contribution in [0.5, 0.6) is 0 Å². The number of carbonyl (C=O) groups is 4. The number of ketones is 2. The normalized spacial score (nSPS) is 20.4. The molecule has 2 unspecified atom stereocenters. The van der Waals surface area contributed by atoms with Gasteiger partial charge in [0.2, 0.25) is 11.8 Å². The second-order valence-corrected chi connectivity index (χ2v) is 8.71. The Hall–Kier alpha value is -3.84. The molecule has 2 atom stereocenters. The minimum Gasteiger partial charge on any atom is -0.365 e. The molecule has 2 aliphatic rings. The standard InChI is InChI=1S/C24H24F6N4O4/c25-23(26,27)19(35)8-12-33-10-2-6-17(33)21(37)31-15-4-1-5-16(14-15)32-22(38)18-7-3-11-34(18)13-9-20(36)24(28,29)30/h1,4-5,8-9,12-14,17-18H,2-3,6-7,10-11H2,(H,31,37)(H,32,38). The molecule has 3 rings (SSSR count). The zero-order valence-electron chi connectivity index (χ0n) is 19.8. The predicted octanol–water partition coefficient (Wildman–Crippen LogP) is 3.78.